The Hall–Kier alpha value is -3.48. The highest BCUT2D eigenvalue weighted by Crippen LogP contribution is 2.48. The Labute approximate surface area is 290 Å². The predicted molar refractivity (Wildman–Crippen MR) is 189 cm³/mol. The third-order valence-corrected chi connectivity index (χ3v) is 11.8. The molecule has 258 valence electrons. The number of cyclic esters (lactones) is 1. The minimum atomic E-state index is -1.01. The first-order valence-electron chi connectivity index (χ1n) is 17.5. The maximum absolute atomic E-state index is 13.6. The van der Waals surface area contributed by atoms with Gasteiger partial charge in [-0.3, -0.25) is 14.5 Å². The Morgan fingerprint density at radius 1 is 1.04 bits per heavy atom. The van der Waals surface area contributed by atoms with Crippen LogP contribution < -0.4 is 5.32 Å². The molecule has 0 radical (unpaired) electrons. The van der Waals surface area contributed by atoms with Gasteiger partial charge in [-0.25, -0.2) is 9.37 Å². The van der Waals surface area contributed by atoms with Crippen molar-refractivity contribution in [1.82, 2.24) is 10.2 Å². The minimum Gasteiger partial charge on any atom is -0.455 e. The van der Waals surface area contributed by atoms with E-state index in [1.54, 1.807) is 11.3 Å². The Morgan fingerprint density at radius 2 is 1.79 bits per heavy atom. The zero-order valence-corrected chi connectivity index (χ0v) is 30.4. The predicted octanol–water partition coefficient (Wildman–Crippen LogP) is 6.79. The van der Waals surface area contributed by atoms with E-state index in [1.807, 2.05) is 26.8 Å². The number of amides is 2. The van der Waals surface area contributed by atoms with Crippen LogP contribution in [0.5, 0.6) is 0 Å². The van der Waals surface area contributed by atoms with E-state index in [1.165, 1.54) is 17.5 Å². The summed E-state index contributed by atoms with van der Waals surface area (Å²) in [5.74, 6) is 5.50. The van der Waals surface area contributed by atoms with Crippen LogP contribution in [0.25, 0.3) is 0 Å². The number of fused-ring (bicyclic) bond motifs is 1. The second-order valence-electron chi connectivity index (χ2n) is 14.7. The van der Waals surface area contributed by atoms with Crippen LogP contribution in [-0.2, 0) is 32.2 Å². The number of carbonyl (C=O) groups is 3. The number of benzene rings is 1. The summed E-state index contributed by atoms with van der Waals surface area (Å²) in [6.07, 6.45) is 4.79. The average Bonchev–Trinajstić information content (AvgIpc) is 3.54. The molecule has 3 aliphatic heterocycles. The van der Waals surface area contributed by atoms with Crippen LogP contribution in [-0.4, -0.2) is 64.5 Å². The first-order valence-corrected chi connectivity index (χ1v) is 18.3. The van der Waals surface area contributed by atoms with Crippen molar-refractivity contribution in [1.29, 1.82) is 0 Å². The van der Waals surface area contributed by atoms with Gasteiger partial charge in [-0.2, -0.15) is 0 Å². The van der Waals surface area contributed by atoms with Crippen LogP contribution in [0.1, 0.15) is 95.4 Å². The van der Waals surface area contributed by atoms with Gasteiger partial charge in [-0.1, -0.05) is 62.9 Å². The first kappa shape index (κ1) is 35.8. The van der Waals surface area contributed by atoms with Crippen LogP contribution in [0, 0.1) is 35.0 Å². The van der Waals surface area contributed by atoms with Crippen molar-refractivity contribution in [3.8, 4) is 11.8 Å². The quantitative estimate of drug-likeness (QED) is 0.206. The zero-order chi connectivity index (χ0) is 34.6. The molecule has 2 aromatic rings. The van der Waals surface area contributed by atoms with Gasteiger partial charge in [-0.05, 0) is 63.1 Å². The summed E-state index contributed by atoms with van der Waals surface area (Å²) >= 11 is 1.70. The summed E-state index contributed by atoms with van der Waals surface area (Å²) in [5.41, 5.74) is -0.0662. The molecule has 1 aromatic heterocycles. The van der Waals surface area contributed by atoms with E-state index >= 15 is 0 Å². The molecule has 1 N–H and O–H groups in total. The topological polar surface area (TPSA) is 88.0 Å². The fourth-order valence-electron chi connectivity index (χ4n) is 8.55. The molecule has 2 amide bonds. The molecule has 2 fully saturated rings. The fraction of sp³-hybridized carbons (Fsp3) is 0.590. The van der Waals surface area contributed by atoms with Crippen molar-refractivity contribution in [3.05, 3.63) is 57.8 Å². The number of carbonyl (C=O) groups excluding carboxylic acids is 3. The SMILES string of the molecule is CC[C@H]1OC(=O)N(C)C(=O)[C@H](C)C[C@](C)(CC#Cc2ccc(CNCc3ccccc3)s2)C[C@@H](C)[N+]2=CCCC3C(=O)O[C@@]1(C)[C@H]3[C@H]2C. The number of thiophene rings is 1. The second kappa shape index (κ2) is 15.0. The van der Waals surface area contributed by atoms with Crippen LogP contribution in [0.2, 0.25) is 0 Å². The fourth-order valence-corrected chi connectivity index (χ4v) is 9.40. The van der Waals surface area contributed by atoms with Gasteiger partial charge in [0.05, 0.1) is 16.7 Å². The lowest BCUT2D eigenvalue weighted by molar-refractivity contribution is -0.604. The van der Waals surface area contributed by atoms with E-state index < -0.39 is 23.7 Å². The van der Waals surface area contributed by atoms with Crippen LogP contribution >= 0.6 is 11.3 Å². The second-order valence-corrected chi connectivity index (χ2v) is 15.8. The van der Waals surface area contributed by atoms with Crippen molar-refractivity contribution < 1.29 is 28.4 Å². The summed E-state index contributed by atoms with van der Waals surface area (Å²) in [6.45, 7) is 14.0. The van der Waals surface area contributed by atoms with Crippen LogP contribution in [0.15, 0.2) is 42.5 Å². The van der Waals surface area contributed by atoms with Crippen LogP contribution in [0.4, 0.5) is 4.79 Å². The largest absolute Gasteiger partial charge is 0.455 e. The molecule has 8 nitrogen and oxygen atoms in total. The smallest absolute Gasteiger partial charge is 0.416 e. The summed E-state index contributed by atoms with van der Waals surface area (Å²) in [6, 6.07) is 14.7. The molecule has 0 saturated carbocycles. The van der Waals surface area contributed by atoms with Gasteiger partial charge in [0.25, 0.3) is 0 Å². The zero-order valence-electron chi connectivity index (χ0n) is 29.6. The molecular formula is C39H52N3O5S+. The van der Waals surface area contributed by atoms with Gasteiger partial charge in [0.1, 0.15) is 18.4 Å². The molecule has 2 saturated heterocycles. The average molecular weight is 675 g/mol. The third-order valence-electron chi connectivity index (χ3n) is 10.8. The molecule has 5 rings (SSSR count). The molecule has 48 heavy (non-hydrogen) atoms. The maximum Gasteiger partial charge on any atom is 0.416 e. The van der Waals surface area contributed by atoms with E-state index in [-0.39, 0.29) is 41.2 Å². The lowest BCUT2D eigenvalue weighted by Gasteiger charge is -2.40. The standard InChI is InChI=1S/C39H52N3O5S/c1-8-33-39(6)34-28(4)42(21-13-17-32(34)36(44)47-39)27(3)23-38(5,22-26(2)35(43)41(7)37(45)46-33)20-12-16-30-18-19-31(48-30)25-40-24-29-14-10-9-11-15-29/h9-11,14-15,18-19,21,26-28,32-34,40H,8,13,17,20,22-25H2,1-7H3/q+1/t26-,27-,28-,32?,33-,34+,38+,39-/m1/s1. The summed E-state index contributed by atoms with van der Waals surface area (Å²) < 4.78 is 14.6. The van der Waals surface area contributed by atoms with Gasteiger partial charge < -0.3 is 14.8 Å². The van der Waals surface area contributed by atoms with Gasteiger partial charge in [0.2, 0.25) is 5.91 Å². The normalized spacial score (nSPS) is 32.7. The number of ether oxygens (including phenoxy) is 2. The van der Waals surface area contributed by atoms with Crippen molar-refractivity contribution in [2.45, 2.75) is 117 Å². The van der Waals surface area contributed by atoms with E-state index in [0.717, 1.165) is 35.7 Å². The lowest BCUT2D eigenvalue weighted by atomic mass is 9.72. The summed E-state index contributed by atoms with van der Waals surface area (Å²) in [5, 5.41) is 3.51. The highest BCUT2D eigenvalue weighted by atomic mass is 32.1. The number of hydrogen-bond acceptors (Lipinski definition) is 7. The number of hydrogen-bond donors (Lipinski definition) is 1. The highest BCUT2D eigenvalue weighted by molar-refractivity contribution is 7.12. The monoisotopic (exact) mass is 674 g/mol. The Bertz CT molecular complexity index is 1580. The van der Waals surface area contributed by atoms with Gasteiger partial charge in [-0.15, -0.1) is 11.3 Å². The van der Waals surface area contributed by atoms with Crippen molar-refractivity contribution in [3.63, 3.8) is 0 Å². The van der Waals surface area contributed by atoms with Gasteiger partial charge >= 0.3 is 12.1 Å². The number of imide groups is 1. The molecule has 1 unspecified atom stereocenters. The Kier molecular flexibility index (Phi) is 11.2. The molecule has 9 heteroatoms. The van der Waals surface area contributed by atoms with E-state index in [4.69, 9.17) is 9.47 Å². The molecular weight excluding hydrogens is 623 g/mol. The summed E-state index contributed by atoms with van der Waals surface area (Å²) in [7, 11) is 1.49. The van der Waals surface area contributed by atoms with Gasteiger partial charge in [0, 0.05) is 50.2 Å². The summed E-state index contributed by atoms with van der Waals surface area (Å²) in [4.78, 5) is 43.7. The minimum absolute atomic E-state index is 0.0215. The lowest BCUT2D eigenvalue weighted by Crippen LogP contribution is -2.55. The number of nitrogens with zero attached hydrogens (tertiary/aromatic N) is 2. The van der Waals surface area contributed by atoms with Gasteiger partial charge in [0.15, 0.2) is 11.6 Å². The molecule has 4 heterocycles. The van der Waals surface area contributed by atoms with Crippen molar-refractivity contribution in [2.75, 3.05) is 7.05 Å². The van der Waals surface area contributed by atoms with E-state index in [2.05, 4.69) is 85.1 Å². The molecule has 0 aliphatic carbocycles. The molecule has 8 atom stereocenters. The van der Waals surface area contributed by atoms with E-state index in [0.29, 0.717) is 25.7 Å². The number of esters is 1. The first-order chi connectivity index (χ1) is 22.8. The molecule has 2 bridgehead atoms. The number of nitrogens with one attached hydrogen (secondary N) is 1. The van der Waals surface area contributed by atoms with Crippen molar-refractivity contribution >= 4 is 35.5 Å². The maximum atomic E-state index is 13.6. The van der Waals surface area contributed by atoms with Crippen LogP contribution in [0.3, 0.4) is 0 Å². The van der Waals surface area contributed by atoms with Crippen molar-refractivity contribution in [2.24, 2.45) is 23.2 Å². The third kappa shape index (κ3) is 7.71. The Morgan fingerprint density at radius 3 is 2.52 bits per heavy atom. The molecule has 0 spiro atoms. The molecule has 3 aliphatic rings. The highest BCUT2D eigenvalue weighted by Gasteiger charge is 2.62. The van der Waals surface area contributed by atoms with E-state index in [9.17, 15) is 14.4 Å². The Balaban J connectivity index is 1.38. The molecule has 1 aromatic carbocycles. The number of rotatable bonds is 6.